The van der Waals surface area contributed by atoms with E-state index in [0.29, 0.717) is 12.1 Å². The van der Waals surface area contributed by atoms with Crippen LogP contribution in [-0.2, 0) is 6.42 Å². The summed E-state index contributed by atoms with van der Waals surface area (Å²) in [7, 11) is 0. The number of rotatable bonds is 2. The average molecular weight is 205 g/mol. The zero-order valence-electron chi connectivity index (χ0n) is 8.80. The van der Waals surface area contributed by atoms with Crippen molar-refractivity contribution in [2.75, 3.05) is 0 Å². The van der Waals surface area contributed by atoms with Crippen LogP contribution in [0.1, 0.15) is 42.9 Å². The topological polar surface area (TPSA) is 12.0 Å². The fourth-order valence-corrected chi connectivity index (χ4v) is 2.64. The second-order valence-electron chi connectivity index (χ2n) is 4.69. The monoisotopic (exact) mass is 205 g/mol. The van der Waals surface area contributed by atoms with Crippen LogP contribution in [0.2, 0.25) is 0 Å². The Labute approximate surface area is 89.7 Å². The molecule has 1 aromatic carbocycles. The van der Waals surface area contributed by atoms with E-state index in [2.05, 4.69) is 11.4 Å². The van der Waals surface area contributed by atoms with Crippen molar-refractivity contribution in [3.05, 3.63) is 35.1 Å². The SMILES string of the molecule is Fc1cccc2c1CCC2NC1CCC1. The van der Waals surface area contributed by atoms with Crippen LogP contribution in [0.3, 0.4) is 0 Å². The predicted molar refractivity (Wildman–Crippen MR) is 58.2 cm³/mol. The molecule has 0 saturated heterocycles. The van der Waals surface area contributed by atoms with Crippen LogP contribution in [0.25, 0.3) is 0 Å². The third-order valence-corrected chi connectivity index (χ3v) is 3.76. The van der Waals surface area contributed by atoms with Gasteiger partial charge < -0.3 is 5.32 Å². The maximum Gasteiger partial charge on any atom is 0.126 e. The third-order valence-electron chi connectivity index (χ3n) is 3.76. The lowest BCUT2D eigenvalue weighted by Gasteiger charge is -2.30. The summed E-state index contributed by atoms with van der Waals surface area (Å²) in [5.74, 6) is -0.0228. The highest BCUT2D eigenvalue weighted by Crippen LogP contribution is 2.34. The van der Waals surface area contributed by atoms with E-state index in [1.165, 1.54) is 24.8 Å². The molecule has 0 heterocycles. The molecule has 2 aliphatic carbocycles. The Morgan fingerprint density at radius 3 is 2.80 bits per heavy atom. The summed E-state index contributed by atoms with van der Waals surface area (Å²) < 4.78 is 13.5. The van der Waals surface area contributed by atoms with Crippen molar-refractivity contribution >= 4 is 0 Å². The van der Waals surface area contributed by atoms with Gasteiger partial charge in [-0.1, -0.05) is 18.6 Å². The van der Waals surface area contributed by atoms with Crippen molar-refractivity contribution in [2.45, 2.75) is 44.2 Å². The number of fused-ring (bicyclic) bond motifs is 1. The average Bonchev–Trinajstić information content (AvgIpc) is 2.56. The van der Waals surface area contributed by atoms with Gasteiger partial charge >= 0.3 is 0 Å². The van der Waals surface area contributed by atoms with E-state index in [1.54, 1.807) is 6.07 Å². The molecule has 2 heteroatoms. The van der Waals surface area contributed by atoms with Gasteiger partial charge in [-0.25, -0.2) is 4.39 Å². The molecule has 0 spiro atoms. The molecule has 0 aliphatic heterocycles. The Bertz CT molecular complexity index is 371. The van der Waals surface area contributed by atoms with E-state index in [-0.39, 0.29) is 5.82 Å². The summed E-state index contributed by atoms with van der Waals surface area (Å²) in [6.07, 6.45) is 5.89. The fourth-order valence-electron chi connectivity index (χ4n) is 2.64. The van der Waals surface area contributed by atoms with Gasteiger partial charge in [0.2, 0.25) is 0 Å². The number of benzene rings is 1. The van der Waals surface area contributed by atoms with Crippen LogP contribution < -0.4 is 5.32 Å². The van der Waals surface area contributed by atoms with Crippen LogP contribution >= 0.6 is 0 Å². The Hall–Kier alpha value is -0.890. The van der Waals surface area contributed by atoms with Crippen LogP contribution in [-0.4, -0.2) is 6.04 Å². The summed E-state index contributed by atoms with van der Waals surface area (Å²) in [5, 5.41) is 3.63. The Morgan fingerprint density at radius 2 is 2.07 bits per heavy atom. The molecule has 1 fully saturated rings. The Morgan fingerprint density at radius 1 is 1.20 bits per heavy atom. The smallest absolute Gasteiger partial charge is 0.126 e. The van der Waals surface area contributed by atoms with Crippen LogP contribution in [0.4, 0.5) is 4.39 Å². The minimum Gasteiger partial charge on any atom is -0.307 e. The largest absolute Gasteiger partial charge is 0.307 e. The van der Waals surface area contributed by atoms with Crippen LogP contribution in [0.5, 0.6) is 0 Å². The van der Waals surface area contributed by atoms with Gasteiger partial charge in [0.05, 0.1) is 0 Å². The lowest BCUT2D eigenvalue weighted by atomic mass is 9.92. The van der Waals surface area contributed by atoms with Gasteiger partial charge in [-0.05, 0) is 42.9 Å². The number of halogens is 1. The fraction of sp³-hybridized carbons (Fsp3) is 0.538. The molecule has 1 nitrogen and oxygen atoms in total. The van der Waals surface area contributed by atoms with Crippen LogP contribution in [0, 0.1) is 5.82 Å². The van der Waals surface area contributed by atoms with Gasteiger partial charge in [-0.3, -0.25) is 0 Å². The maximum atomic E-state index is 13.5. The van der Waals surface area contributed by atoms with E-state index < -0.39 is 0 Å². The summed E-state index contributed by atoms with van der Waals surface area (Å²) in [6, 6.07) is 6.56. The van der Waals surface area contributed by atoms with Gasteiger partial charge in [-0.15, -0.1) is 0 Å². The Kier molecular flexibility index (Phi) is 2.24. The standard InChI is InChI=1S/C13H16FN/c14-12-6-2-5-11-10(12)7-8-13(11)15-9-3-1-4-9/h2,5-6,9,13,15H,1,3-4,7-8H2. The first-order chi connectivity index (χ1) is 7.34. The predicted octanol–water partition coefficient (Wildman–Crippen LogP) is 2.96. The normalized spacial score (nSPS) is 25.0. The molecule has 1 N–H and O–H groups in total. The lowest BCUT2D eigenvalue weighted by molar-refractivity contribution is 0.304. The van der Waals surface area contributed by atoms with Gasteiger partial charge in [0.15, 0.2) is 0 Å². The highest BCUT2D eigenvalue weighted by Gasteiger charge is 2.28. The third kappa shape index (κ3) is 1.57. The first-order valence-electron chi connectivity index (χ1n) is 5.88. The van der Waals surface area contributed by atoms with E-state index in [1.807, 2.05) is 6.07 Å². The number of nitrogens with one attached hydrogen (secondary N) is 1. The molecule has 0 radical (unpaired) electrons. The van der Waals surface area contributed by atoms with Gasteiger partial charge in [0.25, 0.3) is 0 Å². The van der Waals surface area contributed by atoms with Crippen molar-refractivity contribution in [1.82, 2.24) is 5.32 Å². The minimum atomic E-state index is -0.0228. The summed E-state index contributed by atoms with van der Waals surface area (Å²) in [4.78, 5) is 0. The van der Waals surface area contributed by atoms with Crippen molar-refractivity contribution in [1.29, 1.82) is 0 Å². The van der Waals surface area contributed by atoms with Crippen LogP contribution in [0.15, 0.2) is 18.2 Å². The van der Waals surface area contributed by atoms with E-state index in [4.69, 9.17) is 0 Å². The van der Waals surface area contributed by atoms with Crippen molar-refractivity contribution < 1.29 is 4.39 Å². The molecule has 15 heavy (non-hydrogen) atoms. The molecule has 1 atom stereocenters. The molecule has 1 saturated carbocycles. The van der Waals surface area contributed by atoms with Gasteiger partial charge in [0, 0.05) is 12.1 Å². The second-order valence-corrected chi connectivity index (χ2v) is 4.69. The molecular formula is C13H16FN. The highest BCUT2D eigenvalue weighted by molar-refractivity contribution is 5.35. The first kappa shape index (κ1) is 9.34. The maximum absolute atomic E-state index is 13.5. The molecule has 1 unspecified atom stereocenters. The van der Waals surface area contributed by atoms with E-state index in [0.717, 1.165) is 18.4 Å². The molecule has 0 amide bonds. The van der Waals surface area contributed by atoms with E-state index >= 15 is 0 Å². The first-order valence-corrected chi connectivity index (χ1v) is 5.88. The lowest BCUT2D eigenvalue weighted by Crippen LogP contribution is -2.37. The van der Waals surface area contributed by atoms with Crippen molar-refractivity contribution in [2.24, 2.45) is 0 Å². The van der Waals surface area contributed by atoms with Gasteiger partial charge in [-0.2, -0.15) is 0 Å². The summed E-state index contributed by atoms with van der Waals surface area (Å²) >= 11 is 0. The zero-order valence-corrected chi connectivity index (χ0v) is 8.80. The minimum absolute atomic E-state index is 0.0228. The van der Waals surface area contributed by atoms with Crippen molar-refractivity contribution in [3.8, 4) is 0 Å². The van der Waals surface area contributed by atoms with Crippen molar-refractivity contribution in [3.63, 3.8) is 0 Å². The molecule has 3 rings (SSSR count). The summed E-state index contributed by atoms with van der Waals surface area (Å²) in [6.45, 7) is 0. The molecule has 0 aromatic heterocycles. The second kappa shape index (κ2) is 3.60. The van der Waals surface area contributed by atoms with Gasteiger partial charge in [0.1, 0.15) is 5.82 Å². The zero-order chi connectivity index (χ0) is 10.3. The number of hydrogen-bond acceptors (Lipinski definition) is 1. The molecule has 0 bridgehead atoms. The molecular weight excluding hydrogens is 189 g/mol. The number of hydrogen-bond donors (Lipinski definition) is 1. The molecule has 80 valence electrons. The molecule has 2 aliphatic rings. The highest BCUT2D eigenvalue weighted by atomic mass is 19.1. The quantitative estimate of drug-likeness (QED) is 0.782. The van der Waals surface area contributed by atoms with E-state index in [9.17, 15) is 4.39 Å². The summed E-state index contributed by atoms with van der Waals surface area (Å²) in [5.41, 5.74) is 2.14. The molecule has 1 aromatic rings. The Balaban J connectivity index is 1.81.